The van der Waals surface area contributed by atoms with E-state index in [0.717, 1.165) is 0 Å². The van der Waals surface area contributed by atoms with Crippen molar-refractivity contribution in [1.82, 2.24) is 0 Å². The standard InChI is InChI=1S/C10H14O5/c1-6(14-7(2)11)5-8(12)9-3-4-10(13)15-9/h3-4,6,8-9,12H,5H2,1-2H3. The van der Waals surface area contributed by atoms with Crippen LogP contribution < -0.4 is 0 Å². The predicted octanol–water partition coefficient (Wildman–Crippen LogP) is 0.171. The summed E-state index contributed by atoms with van der Waals surface area (Å²) in [5.74, 6) is -0.854. The number of carbonyl (C=O) groups excluding carboxylic acids is 2. The molecule has 1 rings (SSSR count). The van der Waals surface area contributed by atoms with Crippen molar-refractivity contribution in [2.75, 3.05) is 0 Å². The monoisotopic (exact) mass is 214 g/mol. The molecule has 0 saturated carbocycles. The minimum Gasteiger partial charge on any atom is -0.463 e. The molecule has 0 saturated heterocycles. The molecule has 3 atom stereocenters. The molecule has 3 unspecified atom stereocenters. The van der Waals surface area contributed by atoms with Crippen molar-refractivity contribution in [2.45, 2.75) is 38.6 Å². The van der Waals surface area contributed by atoms with Gasteiger partial charge in [-0.05, 0) is 13.0 Å². The van der Waals surface area contributed by atoms with E-state index in [0.29, 0.717) is 0 Å². The number of hydrogen-bond donors (Lipinski definition) is 1. The van der Waals surface area contributed by atoms with Crippen LogP contribution in [0.25, 0.3) is 0 Å². The molecule has 84 valence electrons. The fourth-order valence-electron chi connectivity index (χ4n) is 1.40. The SMILES string of the molecule is CC(=O)OC(C)CC(O)C1C=CC(=O)O1. The van der Waals surface area contributed by atoms with Gasteiger partial charge in [0.25, 0.3) is 0 Å². The van der Waals surface area contributed by atoms with E-state index in [2.05, 4.69) is 0 Å². The van der Waals surface area contributed by atoms with E-state index in [1.165, 1.54) is 19.1 Å². The maximum Gasteiger partial charge on any atom is 0.331 e. The molecule has 15 heavy (non-hydrogen) atoms. The number of ether oxygens (including phenoxy) is 2. The molecule has 0 aliphatic carbocycles. The molecule has 5 heteroatoms. The van der Waals surface area contributed by atoms with Crippen molar-refractivity contribution in [3.63, 3.8) is 0 Å². The lowest BCUT2D eigenvalue weighted by Crippen LogP contribution is -2.30. The van der Waals surface area contributed by atoms with Crippen LogP contribution in [0.4, 0.5) is 0 Å². The van der Waals surface area contributed by atoms with Crippen LogP contribution in [0.2, 0.25) is 0 Å². The first-order chi connectivity index (χ1) is 6.99. The quantitative estimate of drug-likeness (QED) is 0.675. The van der Waals surface area contributed by atoms with Gasteiger partial charge in [-0.15, -0.1) is 0 Å². The highest BCUT2D eigenvalue weighted by Crippen LogP contribution is 2.14. The van der Waals surface area contributed by atoms with Crippen LogP contribution in [0, 0.1) is 0 Å². The zero-order valence-electron chi connectivity index (χ0n) is 8.67. The van der Waals surface area contributed by atoms with E-state index >= 15 is 0 Å². The highest BCUT2D eigenvalue weighted by molar-refractivity contribution is 5.84. The van der Waals surface area contributed by atoms with Gasteiger partial charge in [0.2, 0.25) is 0 Å². The molecule has 0 aromatic heterocycles. The molecular weight excluding hydrogens is 200 g/mol. The van der Waals surface area contributed by atoms with Gasteiger partial charge in [0.1, 0.15) is 12.2 Å². The van der Waals surface area contributed by atoms with Crippen LogP contribution in [-0.4, -0.2) is 35.4 Å². The van der Waals surface area contributed by atoms with Gasteiger partial charge >= 0.3 is 11.9 Å². The number of cyclic esters (lactones) is 1. The molecular formula is C10H14O5. The Morgan fingerprint density at radius 3 is 2.87 bits per heavy atom. The average Bonchev–Trinajstić information content (AvgIpc) is 2.49. The van der Waals surface area contributed by atoms with Crippen molar-refractivity contribution in [1.29, 1.82) is 0 Å². The predicted molar refractivity (Wildman–Crippen MR) is 50.9 cm³/mol. The summed E-state index contributed by atoms with van der Waals surface area (Å²) in [6.45, 7) is 2.98. The summed E-state index contributed by atoms with van der Waals surface area (Å²) in [5.41, 5.74) is 0. The summed E-state index contributed by atoms with van der Waals surface area (Å²) >= 11 is 0. The van der Waals surface area contributed by atoms with Crippen molar-refractivity contribution in [3.8, 4) is 0 Å². The molecule has 1 aliphatic rings. The van der Waals surface area contributed by atoms with E-state index in [9.17, 15) is 14.7 Å². The molecule has 1 N–H and O–H groups in total. The Morgan fingerprint density at radius 1 is 1.73 bits per heavy atom. The molecule has 0 aromatic carbocycles. The number of rotatable bonds is 4. The Morgan fingerprint density at radius 2 is 2.40 bits per heavy atom. The van der Waals surface area contributed by atoms with Gasteiger partial charge in [0.05, 0.1) is 6.10 Å². The van der Waals surface area contributed by atoms with Gasteiger partial charge in [0.15, 0.2) is 0 Å². The van der Waals surface area contributed by atoms with E-state index in [4.69, 9.17) is 9.47 Å². The second kappa shape index (κ2) is 4.93. The van der Waals surface area contributed by atoms with E-state index in [1.807, 2.05) is 0 Å². The molecule has 0 spiro atoms. The number of esters is 2. The van der Waals surface area contributed by atoms with Crippen LogP contribution in [0.3, 0.4) is 0 Å². The highest BCUT2D eigenvalue weighted by Gasteiger charge is 2.26. The van der Waals surface area contributed by atoms with Crippen molar-refractivity contribution >= 4 is 11.9 Å². The van der Waals surface area contributed by atoms with Gasteiger partial charge in [-0.3, -0.25) is 4.79 Å². The zero-order chi connectivity index (χ0) is 11.4. The lowest BCUT2D eigenvalue weighted by Gasteiger charge is -2.19. The van der Waals surface area contributed by atoms with Crippen molar-refractivity contribution in [3.05, 3.63) is 12.2 Å². The summed E-state index contributed by atoms with van der Waals surface area (Å²) < 4.78 is 9.63. The highest BCUT2D eigenvalue weighted by atomic mass is 16.6. The van der Waals surface area contributed by atoms with Crippen molar-refractivity contribution in [2.24, 2.45) is 0 Å². The third kappa shape index (κ3) is 3.71. The fraction of sp³-hybridized carbons (Fsp3) is 0.600. The minimum atomic E-state index is -0.845. The van der Waals surface area contributed by atoms with Crippen LogP contribution in [-0.2, 0) is 19.1 Å². The molecule has 0 aromatic rings. The molecule has 1 heterocycles. The molecule has 0 radical (unpaired) electrons. The first-order valence-electron chi connectivity index (χ1n) is 4.73. The first-order valence-corrected chi connectivity index (χ1v) is 4.73. The Hall–Kier alpha value is -1.36. The first kappa shape index (κ1) is 11.7. The number of carbonyl (C=O) groups is 2. The fourth-order valence-corrected chi connectivity index (χ4v) is 1.40. The minimum absolute atomic E-state index is 0.238. The van der Waals surface area contributed by atoms with E-state index < -0.39 is 30.3 Å². The Kier molecular flexibility index (Phi) is 3.85. The van der Waals surface area contributed by atoms with Gasteiger partial charge in [-0.1, -0.05) is 0 Å². The molecule has 0 fully saturated rings. The van der Waals surface area contributed by atoms with Gasteiger partial charge in [0, 0.05) is 19.4 Å². The molecule has 1 aliphatic heterocycles. The van der Waals surface area contributed by atoms with Gasteiger partial charge in [-0.2, -0.15) is 0 Å². The molecule has 0 amide bonds. The average molecular weight is 214 g/mol. The lowest BCUT2D eigenvalue weighted by atomic mass is 10.1. The van der Waals surface area contributed by atoms with Crippen LogP contribution in [0.1, 0.15) is 20.3 Å². The third-order valence-corrected chi connectivity index (χ3v) is 1.99. The zero-order valence-corrected chi connectivity index (χ0v) is 8.67. The summed E-state index contributed by atoms with van der Waals surface area (Å²) in [5, 5.41) is 9.63. The van der Waals surface area contributed by atoms with Crippen LogP contribution in [0.5, 0.6) is 0 Å². The third-order valence-electron chi connectivity index (χ3n) is 1.99. The van der Waals surface area contributed by atoms with Crippen molar-refractivity contribution < 1.29 is 24.2 Å². The van der Waals surface area contributed by atoms with Crippen LogP contribution >= 0.6 is 0 Å². The number of aliphatic hydroxyl groups excluding tert-OH is 1. The van der Waals surface area contributed by atoms with E-state index in [1.54, 1.807) is 6.92 Å². The Labute approximate surface area is 87.7 Å². The summed E-state index contributed by atoms with van der Waals surface area (Å²) in [6, 6.07) is 0. The normalized spacial score (nSPS) is 23.4. The smallest absolute Gasteiger partial charge is 0.331 e. The largest absolute Gasteiger partial charge is 0.463 e. The Balaban J connectivity index is 2.35. The topological polar surface area (TPSA) is 72.8 Å². The maximum atomic E-state index is 10.7. The van der Waals surface area contributed by atoms with Gasteiger partial charge in [-0.25, -0.2) is 4.79 Å². The summed E-state index contributed by atoms with van der Waals surface area (Å²) in [4.78, 5) is 21.3. The lowest BCUT2D eigenvalue weighted by molar-refractivity contribution is -0.150. The van der Waals surface area contributed by atoms with E-state index in [-0.39, 0.29) is 6.42 Å². The summed E-state index contributed by atoms with van der Waals surface area (Å²) in [6.07, 6.45) is 1.13. The van der Waals surface area contributed by atoms with Crippen LogP contribution in [0.15, 0.2) is 12.2 Å². The number of hydrogen-bond acceptors (Lipinski definition) is 5. The number of aliphatic hydroxyl groups is 1. The maximum absolute atomic E-state index is 10.7. The molecule has 5 nitrogen and oxygen atoms in total. The molecule has 0 bridgehead atoms. The second-order valence-corrected chi connectivity index (χ2v) is 3.48. The van der Waals surface area contributed by atoms with Gasteiger partial charge < -0.3 is 14.6 Å². The Bertz CT molecular complexity index is 284. The summed E-state index contributed by atoms with van der Waals surface area (Å²) in [7, 11) is 0. The second-order valence-electron chi connectivity index (χ2n) is 3.48.